The molecular formula is C14H11N5O. The fourth-order valence-corrected chi connectivity index (χ4v) is 1.52. The van der Waals surface area contributed by atoms with Crippen molar-refractivity contribution >= 4 is 17.4 Å². The average molecular weight is 265 g/mol. The number of hydrogen-bond acceptors (Lipinski definition) is 4. The Hall–Kier alpha value is -3.07. The van der Waals surface area contributed by atoms with Crippen molar-refractivity contribution in [2.45, 2.75) is 0 Å². The van der Waals surface area contributed by atoms with Gasteiger partial charge < -0.3 is 10.6 Å². The quantitative estimate of drug-likeness (QED) is 0.394. The zero-order chi connectivity index (χ0) is 14.4. The van der Waals surface area contributed by atoms with Crippen LogP contribution < -0.4 is 5.73 Å². The van der Waals surface area contributed by atoms with E-state index in [4.69, 9.17) is 12.3 Å². The summed E-state index contributed by atoms with van der Waals surface area (Å²) in [5.74, 6) is 0.302. The second-order valence-electron chi connectivity index (χ2n) is 3.88. The number of aromatic nitrogens is 2. The van der Waals surface area contributed by atoms with Gasteiger partial charge in [0.05, 0.1) is 0 Å². The van der Waals surface area contributed by atoms with E-state index in [1.54, 1.807) is 30.6 Å². The van der Waals surface area contributed by atoms with Gasteiger partial charge in [-0.1, -0.05) is 6.57 Å². The van der Waals surface area contributed by atoms with Crippen LogP contribution in [0.15, 0.2) is 47.8 Å². The first-order valence-electron chi connectivity index (χ1n) is 5.77. The number of rotatable bonds is 4. The largest absolute Gasteiger partial charge is 0.384 e. The van der Waals surface area contributed by atoms with Crippen molar-refractivity contribution in [1.29, 1.82) is 0 Å². The Morgan fingerprint density at radius 3 is 2.65 bits per heavy atom. The molecule has 2 aromatic rings. The lowest BCUT2D eigenvalue weighted by Gasteiger charge is -2.01. The van der Waals surface area contributed by atoms with Crippen molar-refractivity contribution in [3.63, 3.8) is 0 Å². The zero-order valence-corrected chi connectivity index (χ0v) is 10.5. The van der Waals surface area contributed by atoms with Gasteiger partial charge >= 0.3 is 0 Å². The molecule has 0 atom stereocenters. The predicted octanol–water partition coefficient (Wildman–Crippen LogP) is 1.62. The maximum atomic E-state index is 11.9. The van der Waals surface area contributed by atoms with E-state index in [1.165, 1.54) is 12.3 Å². The van der Waals surface area contributed by atoms with Crippen LogP contribution in [0.3, 0.4) is 0 Å². The first kappa shape index (κ1) is 13.4. The van der Waals surface area contributed by atoms with Gasteiger partial charge in [0, 0.05) is 23.5 Å². The highest BCUT2D eigenvalue weighted by Gasteiger charge is 2.06. The molecule has 0 spiro atoms. The summed E-state index contributed by atoms with van der Waals surface area (Å²) in [4.78, 5) is 26.8. The molecule has 0 aliphatic rings. The van der Waals surface area contributed by atoms with Crippen LogP contribution in [0.5, 0.6) is 0 Å². The third-order valence-corrected chi connectivity index (χ3v) is 2.55. The first-order valence-corrected chi connectivity index (χ1v) is 5.77. The molecule has 0 aliphatic heterocycles. The van der Waals surface area contributed by atoms with Gasteiger partial charge in [0.15, 0.2) is 5.78 Å². The molecule has 98 valence electrons. The fraction of sp³-hybridized carbons (Fsp3) is 0.0714. The molecule has 0 saturated heterocycles. The van der Waals surface area contributed by atoms with Crippen LogP contribution in [0.1, 0.15) is 15.9 Å². The molecule has 0 aromatic carbocycles. The highest BCUT2D eigenvalue weighted by molar-refractivity contribution is 6.02. The van der Waals surface area contributed by atoms with E-state index in [-0.39, 0.29) is 24.0 Å². The minimum Gasteiger partial charge on any atom is -0.384 e. The van der Waals surface area contributed by atoms with E-state index < -0.39 is 0 Å². The Kier molecular flexibility index (Phi) is 4.14. The summed E-state index contributed by atoms with van der Waals surface area (Å²) in [6.07, 6.45) is 4.58. The maximum absolute atomic E-state index is 11.9. The van der Waals surface area contributed by atoms with Crippen LogP contribution in [0, 0.1) is 6.57 Å². The van der Waals surface area contributed by atoms with Crippen molar-refractivity contribution in [2.75, 3.05) is 6.54 Å². The standard InChI is InChI=1S/C14H11N5O/c1-16-13-8-11(4-7-18-13)14(15)19-9-12(20)10-2-5-17-6-3-10/h2-8H,9H2,(H2,15,19). The fourth-order valence-electron chi connectivity index (χ4n) is 1.52. The summed E-state index contributed by atoms with van der Waals surface area (Å²) in [7, 11) is 0. The highest BCUT2D eigenvalue weighted by atomic mass is 16.1. The number of ketones is 1. The van der Waals surface area contributed by atoms with Crippen LogP contribution in [-0.2, 0) is 0 Å². The van der Waals surface area contributed by atoms with Gasteiger partial charge in [0.1, 0.15) is 18.6 Å². The lowest BCUT2D eigenvalue weighted by Crippen LogP contribution is -2.16. The number of aliphatic imine (C=N–C) groups is 1. The van der Waals surface area contributed by atoms with E-state index in [1.807, 2.05) is 0 Å². The third kappa shape index (κ3) is 3.23. The third-order valence-electron chi connectivity index (χ3n) is 2.55. The Balaban J connectivity index is 2.11. The molecule has 0 fully saturated rings. The molecule has 0 unspecified atom stereocenters. The molecule has 6 nitrogen and oxygen atoms in total. The van der Waals surface area contributed by atoms with Crippen LogP contribution >= 0.6 is 0 Å². The molecule has 2 rings (SSSR count). The molecule has 0 bridgehead atoms. The van der Waals surface area contributed by atoms with Crippen molar-refractivity contribution in [3.8, 4) is 0 Å². The summed E-state index contributed by atoms with van der Waals surface area (Å²) in [6.45, 7) is 6.84. The zero-order valence-electron chi connectivity index (χ0n) is 10.5. The number of nitrogens with zero attached hydrogens (tertiary/aromatic N) is 4. The van der Waals surface area contributed by atoms with Gasteiger partial charge in [-0.25, -0.2) is 0 Å². The number of pyridine rings is 2. The Labute approximate surface area is 115 Å². The Bertz CT molecular complexity index is 688. The Morgan fingerprint density at radius 1 is 1.25 bits per heavy atom. The summed E-state index contributed by atoms with van der Waals surface area (Å²) < 4.78 is 0. The van der Waals surface area contributed by atoms with E-state index in [9.17, 15) is 4.79 Å². The number of amidine groups is 1. The second-order valence-corrected chi connectivity index (χ2v) is 3.88. The minimum absolute atomic E-state index is 0.0501. The molecule has 0 saturated carbocycles. The first-order chi connectivity index (χ1) is 9.70. The van der Waals surface area contributed by atoms with E-state index in [2.05, 4.69) is 19.8 Å². The monoisotopic (exact) mass is 265 g/mol. The Morgan fingerprint density at radius 2 is 1.95 bits per heavy atom. The highest BCUT2D eigenvalue weighted by Crippen LogP contribution is 2.09. The number of carbonyl (C=O) groups is 1. The summed E-state index contributed by atoms with van der Waals surface area (Å²) in [5, 5.41) is 0. The van der Waals surface area contributed by atoms with Crippen LogP contribution in [0.2, 0.25) is 0 Å². The number of Topliss-reactive ketones (excluding diaryl/α,β-unsaturated/α-hetero) is 1. The van der Waals surface area contributed by atoms with Gasteiger partial charge in [0.2, 0.25) is 0 Å². The minimum atomic E-state index is -0.144. The van der Waals surface area contributed by atoms with Crippen molar-refractivity contribution in [1.82, 2.24) is 9.97 Å². The molecule has 0 radical (unpaired) electrons. The average Bonchev–Trinajstić information content (AvgIpc) is 2.53. The van der Waals surface area contributed by atoms with Gasteiger partial charge in [-0.05, 0) is 24.3 Å². The van der Waals surface area contributed by atoms with Gasteiger partial charge in [-0.15, -0.1) is 4.98 Å². The molecule has 2 aromatic heterocycles. The molecule has 0 aliphatic carbocycles. The van der Waals surface area contributed by atoms with Gasteiger partial charge in [0.25, 0.3) is 5.82 Å². The molecule has 2 heterocycles. The topological polar surface area (TPSA) is 85.6 Å². The molecular weight excluding hydrogens is 254 g/mol. The summed E-state index contributed by atoms with van der Waals surface area (Å²) in [6, 6.07) is 6.42. The SMILES string of the molecule is [C-]#[N+]c1cc(C(N)=NCC(=O)c2ccncc2)ccn1. The van der Waals surface area contributed by atoms with Gasteiger partial charge in [-0.2, -0.15) is 0 Å². The van der Waals surface area contributed by atoms with Gasteiger partial charge in [-0.3, -0.25) is 14.8 Å². The molecule has 2 N–H and O–H groups in total. The second kappa shape index (κ2) is 6.20. The lowest BCUT2D eigenvalue weighted by atomic mass is 10.2. The van der Waals surface area contributed by atoms with Crippen molar-refractivity contribution < 1.29 is 4.79 Å². The molecule has 20 heavy (non-hydrogen) atoms. The number of carbonyl (C=O) groups excluding carboxylic acids is 1. The number of hydrogen-bond donors (Lipinski definition) is 1. The van der Waals surface area contributed by atoms with Crippen molar-refractivity contribution in [2.24, 2.45) is 10.7 Å². The van der Waals surface area contributed by atoms with Crippen LogP contribution in [0.4, 0.5) is 5.82 Å². The maximum Gasteiger partial charge on any atom is 0.270 e. The van der Waals surface area contributed by atoms with E-state index >= 15 is 0 Å². The lowest BCUT2D eigenvalue weighted by molar-refractivity contribution is 0.100. The van der Waals surface area contributed by atoms with Crippen LogP contribution in [0.25, 0.3) is 4.85 Å². The van der Waals surface area contributed by atoms with E-state index in [0.717, 1.165) is 0 Å². The summed E-state index contributed by atoms with van der Waals surface area (Å²) >= 11 is 0. The molecule has 0 amide bonds. The van der Waals surface area contributed by atoms with Crippen LogP contribution in [-0.4, -0.2) is 28.1 Å². The smallest absolute Gasteiger partial charge is 0.270 e. The molecule has 6 heteroatoms. The van der Waals surface area contributed by atoms with Crippen molar-refractivity contribution in [3.05, 3.63) is 65.4 Å². The number of nitrogens with two attached hydrogens (primary N) is 1. The normalized spacial score (nSPS) is 10.8. The predicted molar refractivity (Wildman–Crippen MR) is 74.7 cm³/mol. The van der Waals surface area contributed by atoms with E-state index in [0.29, 0.717) is 11.1 Å². The summed E-state index contributed by atoms with van der Waals surface area (Å²) in [5.41, 5.74) is 6.91.